The molecule has 26 heavy (non-hydrogen) atoms. The summed E-state index contributed by atoms with van der Waals surface area (Å²) >= 11 is 12.8. The van der Waals surface area contributed by atoms with E-state index in [0.29, 0.717) is 29.7 Å². The monoisotopic (exact) mass is 392 g/mol. The van der Waals surface area contributed by atoms with Crippen molar-refractivity contribution in [1.82, 2.24) is 10.2 Å². The van der Waals surface area contributed by atoms with Gasteiger partial charge in [0.15, 0.2) is 0 Å². The van der Waals surface area contributed by atoms with Crippen molar-refractivity contribution < 1.29 is 9.53 Å². The van der Waals surface area contributed by atoms with Gasteiger partial charge in [0, 0.05) is 27.7 Å². The van der Waals surface area contributed by atoms with Gasteiger partial charge in [-0.25, -0.2) is 4.79 Å². The summed E-state index contributed by atoms with van der Waals surface area (Å²) in [6.45, 7) is 3.82. The van der Waals surface area contributed by atoms with E-state index in [1.165, 1.54) is 0 Å². The van der Waals surface area contributed by atoms with E-state index >= 15 is 0 Å². The number of halogens is 2. The number of rotatable bonds is 6. The van der Waals surface area contributed by atoms with Gasteiger partial charge in [-0.1, -0.05) is 66.5 Å². The van der Waals surface area contributed by atoms with Crippen LogP contribution in [0.3, 0.4) is 0 Å². The lowest BCUT2D eigenvalue weighted by atomic mass is 10.0. The molecule has 1 fully saturated rings. The van der Waals surface area contributed by atoms with E-state index in [-0.39, 0.29) is 18.2 Å². The molecule has 1 heterocycles. The van der Waals surface area contributed by atoms with E-state index in [4.69, 9.17) is 27.9 Å². The average molecular weight is 393 g/mol. The highest BCUT2D eigenvalue weighted by Crippen LogP contribution is 2.36. The van der Waals surface area contributed by atoms with Gasteiger partial charge in [0.2, 0.25) is 0 Å². The molecule has 138 valence electrons. The fourth-order valence-corrected chi connectivity index (χ4v) is 3.39. The Hall–Kier alpha value is -1.75. The summed E-state index contributed by atoms with van der Waals surface area (Å²) in [4.78, 5) is 13.7. The zero-order chi connectivity index (χ0) is 18.5. The number of nitrogens with one attached hydrogen (secondary N) is 1. The van der Waals surface area contributed by atoms with Gasteiger partial charge in [-0.2, -0.15) is 0 Å². The Bertz CT molecular complexity index is 717. The number of hydrogen-bond donors (Lipinski definition) is 1. The molecule has 0 bridgehead atoms. The molecule has 0 spiro atoms. The van der Waals surface area contributed by atoms with Crippen molar-refractivity contribution in [1.29, 1.82) is 0 Å². The maximum Gasteiger partial charge on any atom is 0.317 e. The lowest BCUT2D eigenvalue weighted by molar-refractivity contribution is -0.0644. The first kappa shape index (κ1) is 19.0. The summed E-state index contributed by atoms with van der Waals surface area (Å²) in [7, 11) is 0. The molecule has 4 nitrogen and oxygen atoms in total. The normalized spacial score (nSPS) is 14.4. The highest BCUT2D eigenvalue weighted by molar-refractivity contribution is 6.32. The third-order valence-corrected chi connectivity index (χ3v) is 5.05. The van der Waals surface area contributed by atoms with Gasteiger partial charge in [-0.05, 0) is 18.6 Å². The van der Waals surface area contributed by atoms with E-state index in [1.54, 1.807) is 4.90 Å². The highest BCUT2D eigenvalue weighted by Gasteiger charge is 2.34. The Balaban J connectivity index is 1.74. The molecule has 0 atom stereocenters. The van der Waals surface area contributed by atoms with Crippen molar-refractivity contribution in [2.75, 3.05) is 19.6 Å². The predicted molar refractivity (Wildman–Crippen MR) is 105 cm³/mol. The van der Waals surface area contributed by atoms with E-state index in [2.05, 4.69) is 5.32 Å². The van der Waals surface area contributed by atoms with Crippen LogP contribution in [0.1, 0.15) is 30.6 Å². The molecular weight excluding hydrogens is 371 g/mol. The van der Waals surface area contributed by atoms with Crippen molar-refractivity contribution in [3.8, 4) is 0 Å². The number of carbonyl (C=O) groups excluding carboxylic acids is 1. The molecule has 1 saturated heterocycles. The molecule has 0 aliphatic carbocycles. The fourth-order valence-electron chi connectivity index (χ4n) is 2.92. The Kier molecular flexibility index (Phi) is 6.41. The third kappa shape index (κ3) is 4.32. The van der Waals surface area contributed by atoms with Crippen LogP contribution in [0, 0.1) is 0 Å². The second-order valence-corrected chi connectivity index (χ2v) is 7.13. The van der Waals surface area contributed by atoms with E-state index in [0.717, 1.165) is 17.5 Å². The lowest BCUT2D eigenvalue weighted by Gasteiger charge is -2.40. The molecule has 0 unspecified atom stereocenters. The van der Waals surface area contributed by atoms with Crippen LogP contribution in [-0.4, -0.2) is 36.7 Å². The Morgan fingerprint density at radius 3 is 2.15 bits per heavy atom. The minimum atomic E-state index is -0.372. The molecule has 1 N–H and O–H groups in total. The van der Waals surface area contributed by atoms with Crippen molar-refractivity contribution in [3.63, 3.8) is 0 Å². The van der Waals surface area contributed by atoms with E-state index < -0.39 is 0 Å². The summed E-state index contributed by atoms with van der Waals surface area (Å²) in [5.41, 5.74) is 1.74. The first-order valence-electron chi connectivity index (χ1n) is 8.77. The van der Waals surface area contributed by atoms with Gasteiger partial charge >= 0.3 is 6.03 Å². The quantitative estimate of drug-likeness (QED) is 0.758. The molecule has 0 saturated carbocycles. The smallest absolute Gasteiger partial charge is 0.317 e. The highest BCUT2D eigenvalue weighted by atomic mass is 35.5. The average Bonchev–Trinajstić information content (AvgIpc) is 2.61. The maximum absolute atomic E-state index is 12.0. The van der Waals surface area contributed by atoms with Gasteiger partial charge in [-0.3, -0.25) is 0 Å². The standard InChI is InChI=1S/C20H22Cl2N2O2/c1-2-11-23-20(25)24-12-14(13-24)26-19(15-7-3-5-9-17(15)21)16-8-4-6-10-18(16)22/h3-10,14,19H,2,11-13H2,1H3,(H,23,25). The van der Waals surface area contributed by atoms with Gasteiger partial charge in [0.1, 0.15) is 6.10 Å². The molecule has 2 aromatic rings. The Labute approximate surface area is 164 Å². The number of hydrogen-bond acceptors (Lipinski definition) is 2. The van der Waals surface area contributed by atoms with Crippen LogP contribution in [-0.2, 0) is 4.74 Å². The van der Waals surface area contributed by atoms with Gasteiger partial charge in [0.05, 0.1) is 19.2 Å². The van der Waals surface area contributed by atoms with Crippen LogP contribution in [0.2, 0.25) is 10.0 Å². The third-order valence-electron chi connectivity index (χ3n) is 4.37. The largest absolute Gasteiger partial charge is 0.362 e. The number of urea groups is 1. The summed E-state index contributed by atoms with van der Waals surface area (Å²) in [6, 6.07) is 15.2. The van der Waals surface area contributed by atoms with Crippen molar-refractivity contribution in [3.05, 3.63) is 69.7 Å². The summed E-state index contributed by atoms with van der Waals surface area (Å²) in [5, 5.41) is 4.15. The van der Waals surface area contributed by atoms with Crippen LogP contribution >= 0.6 is 23.2 Å². The maximum atomic E-state index is 12.0. The molecule has 3 rings (SSSR count). The predicted octanol–water partition coefficient (Wildman–Crippen LogP) is 4.90. The number of likely N-dealkylation sites (tertiary alicyclic amines) is 1. The number of carbonyl (C=O) groups is 1. The molecule has 0 aromatic heterocycles. The minimum Gasteiger partial charge on any atom is -0.362 e. The topological polar surface area (TPSA) is 41.6 Å². The molecule has 2 aromatic carbocycles. The first-order valence-corrected chi connectivity index (χ1v) is 9.52. The molecule has 6 heteroatoms. The number of benzene rings is 2. The summed E-state index contributed by atoms with van der Waals surface area (Å²) in [6.07, 6.45) is 0.490. The van der Waals surface area contributed by atoms with Crippen LogP contribution in [0.5, 0.6) is 0 Å². The zero-order valence-corrected chi connectivity index (χ0v) is 16.1. The first-order chi connectivity index (χ1) is 12.6. The van der Waals surface area contributed by atoms with E-state index in [9.17, 15) is 4.79 Å². The van der Waals surface area contributed by atoms with Crippen LogP contribution in [0.4, 0.5) is 4.79 Å². The number of amides is 2. The molecule has 2 amide bonds. The van der Waals surface area contributed by atoms with Crippen molar-refractivity contribution in [2.24, 2.45) is 0 Å². The zero-order valence-electron chi connectivity index (χ0n) is 14.6. The molecular formula is C20H22Cl2N2O2. The van der Waals surface area contributed by atoms with Crippen LogP contribution in [0.15, 0.2) is 48.5 Å². The summed E-state index contributed by atoms with van der Waals surface area (Å²) < 4.78 is 6.31. The van der Waals surface area contributed by atoms with Gasteiger partial charge in [0.25, 0.3) is 0 Å². The number of ether oxygens (including phenoxy) is 1. The van der Waals surface area contributed by atoms with Crippen LogP contribution in [0.25, 0.3) is 0 Å². The van der Waals surface area contributed by atoms with Crippen LogP contribution < -0.4 is 5.32 Å². The fraction of sp³-hybridized carbons (Fsp3) is 0.350. The SMILES string of the molecule is CCCNC(=O)N1CC(OC(c2ccccc2Cl)c2ccccc2Cl)C1. The molecule has 0 radical (unpaired) electrons. The molecule has 1 aliphatic heterocycles. The lowest BCUT2D eigenvalue weighted by Crippen LogP contribution is -2.58. The van der Waals surface area contributed by atoms with Gasteiger partial charge in [-0.15, -0.1) is 0 Å². The van der Waals surface area contributed by atoms with Crippen molar-refractivity contribution >= 4 is 29.2 Å². The minimum absolute atomic E-state index is 0.0428. The van der Waals surface area contributed by atoms with E-state index in [1.807, 2.05) is 55.5 Å². The molecule has 1 aliphatic rings. The Morgan fingerprint density at radius 2 is 1.65 bits per heavy atom. The summed E-state index contributed by atoms with van der Waals surface area (Å²) in [5.74, 6) is 0. The second-order valence-electron chi connectivity index (χ2n) is 6.32. The Morgan fingerprint density at radius 1 is 1.12 bits per heavy atom. The second kappa shape index (κ2) is 8.76. The van der Waals surface area contributed by atoms with Gasteiger partial charge < -0.3 is 15.0 Å². The van der Waals surface area contributed by atoms with Crippen molar-refractivity contribution in [2.45, 2.75) is 25.6 Å². The number of nitrogens with zero attached hydrogens (tertiary/aromatic N) is 1.